The van der Waals surface area contributed by atoms with Crippen LogP contribution in [0, 0.1) is 0 Å². The van der Waals surface area contributed by atoms with E-state index in [0.29, 0.717) is 26.4 Å². The maximum Gasteiger partial charge on any atom is 0.184 e. The van der Waals surface area contributed by atoms with Crippen molar-refractivity contribution >= 4 is 0 Å². The smallest absolute Gasteiger partial charge is 0.184 e. The van der Waals surface area contributed by atoms with E-state index < -0.39 is 0 Å². The van der Waals surface area contributed by atoms with E-state index in [1.54, 1.807) is 0 Å². The highest BCUT2D eigenvalue weighted by atomic mass is 16.7. The van der Waals surface area contributed by atoms with Crippen LogP contribution >= 0.6 is 0 Å². The molecule has 1 aromatic rings. The third-order valence-corrected chi connectivity index (χ3v) is 3.35. The highest BCUT2D eigenvalue weighted by Crippen LogP contribution is 2.34. The lowest BCUT2D eigenvalue weighted by Gasteiger charge is -2.29. The van der Waals surface area contributed by atoms with Gasteiger partial charge < -0.3 is 24.3 Å². The fourth-order valence-corrected chi connectivity index (χ4v) is 2.19. The summed E-state index contributed by atoms with van der Waals surface area (Å²) in [6, 6.07) is 6.10. The standard InChI is InChI=1S/C14H19NO4/c1-15-11-8-18-14(19-9-11)10-3-4-12-13(7-10)17-6-2-5-16-12/h3-4,7,11,14-15H,2,5-6,8-9H2,1H3. The zero-order valence-electron chi connectivity index (χ0n) is 11.1. The fourth-order valence-electron chi connectivity index (χ4n) is 2.19. The summed E-state index contributed by atoms with van der Waals surface area (Å²) >= 11 is 0. The zero-order valence-corrected chi connectivity index (χ0v) is 11.1. The molecular formula is C14H19NO4. The molecule has 0 spiro atoms. The van der Waals surface area contributed by atoms with E-state index in [9.17, 15) is 0 Å². The van der Waals surface area contributed by atoms with Crippen LogP contribution in [0.4, 0.5) is 0 Å². The predicted molar refractivity (Wildman–Crippen MR) is 69.5 cm³/mol. The average molecular weight is 265 g/mol. The first-order valence-electron chi connectivity index (χ1n) is 6.67. The van der Waals surface area contributed by atoms with Crippen molar-refractivity contribution in [3.8, 4) is 11.5 Å². The topological polar surface area (TPSA) is 49.0 Å². The van der Waals surface area contributed by atoms with Gasteiger partial charge in [0, 0.05) is 12.0 Å². The summed E-state index contributed by atoms with van der Waals surface area (Å²) in [5, 5.41) is 3.14. The van der Waals surface area contributed by atoms with Gasteiger partial charge in [-0.2, -0.15) is 0 Å². The molecule has 1 fully saturated rings. The molecule has 0 bridgehead atoms. The molecule has 2 aliphatic rings. The molecule has 2 heterocycles. The predicted octanol–water partition coefficient (Wildman–Crippen LogP) is 1.48. The van der Waals surface area contributed by atoms with Crippen LogP contribution in [-0.4, -0.2) is 39.5 Å². The number of likely N-dealkylation sites (N-methyl/N-ethyl adjacent to an activating group) is 1. The molecule has 3 rings (SSSR count). The minimum absolute atomic E-state index is 0.261. The van der Waals surface area contributed by atoms with E-state index in [0.717, 1.165) is 23.5 Å². The lowest BCUT2D eigenvalue weighted by atomic mass is 10.1. The second-order valence-electron chi connectivity index (χ2n) is 4.74. The van der Waals surface area contributed by atoms with Crippen molar-refractivity contribution in [2.24, 2.45) is 0 Å². The van der Waals surface area contributed by atoms with Crippen molar-refractivity contribution in [3.63, 3.8) is 0 Å². The maximum atomic E-state index is 5.71. The summed E-state index contributed by atoms with van der Waals surface area (Å²) in [6.45, 7) is 2.68. The van der Waals surface area contributed by atoms with Crippen LogP contribution < -0.4 is 14.8 Å². The van der Waals surface area contributed by atoms with Gasteiger partial charge in [-0.05, 0) is 19.2 Å². The molecule has 104 valence electrons. The highest BCUT2D eigenvalue weighted by molar-refractivity contribution is 5.43. The Hall–Kier alpha value is -1.30. The monoisotopic (exact) mass is 265 g/mol. The Morgan fingerprint density at radius 1 is 1.05 bits per heavy atom. The van der Waals surface area contributed by atoms with E-state index in [2.05, 4.69) is 5.32 Å². The molecule has 0 unspecified atom stereocenters. The van der Waals surface area contributed by atoms with Crippen LogP contribution in [-0.2, 0) is 9.47 Å². The number of benzene rings is 1. The Morgan fingerprint density at radius 2 is 1.79 bits per heavy atom. The molecule has 0 aromatic heterocycles. The molecule has 0 saturated carbocycles. The minimum Gasteiger partial charge on any atom is -0.490 e. The Kier molecular flexibility index (Phi) is 3.87. The van der Waals surface area contributed by atoms with E-state index in [4.69, 9.17) is 18.9 Å². The van der Waals surface area contributed by atoms with E-state index in [1.165, 1.54) is 0 Å². The van der Waals surface area contributed by atoms with Crippen LogP contribution in [0.1, 0.15) is 18.3 Å². The Balaban J connectivity index is 1.73. The summed E-state index contributed by atoms with van der Waals surface area (Å²) in [5.74, 6) is 1.57. The van der Waals surface area contributed by atoms with Crippen LogP contribution in [0.15, 0.2) is 18.2 Å². The molecule has 0 radical (unpaired) electrons. The summed E-state index contributed by atoms with van der Waals surface area (Å²) in [6.07, 6.45) is 0.589. The normalized spacial score (nSPS) is 26.8. The number of nitrogens with one attached hydrogen (secondary N) is 1. The number of ether oxygens (including phenoxy) is 4. The molecule has 5 heteroatoms. The Bertz CT molecular complexity index is 429. The summed E-state index contributed by atoms with van der Waals surface area (Å²) in [7, 11) is 1.91. The molecule has 0 aliphatic carbocycles. The molecule has 0 amide bonds. The third kappa shape index (κ3) is 2.83. The molecule has 1 aromatic carbocycles. The van der Waals surface area contributed by atoms with Gasteiger partial charge in [-0.1, -0.05) is 6.07 Å². The second kappa shape index (κ2) is 5.77. The average Bonchev–Trinajstić information content (AvgIpc) is 2.72. The van der Waals surface area contributed by atoms with E-state index in [1.807, 2.05) is 25.2 Å². The van der Waals surface area contributed by atoms with Gasteiger partial charge in [0.15, 0.2) is 17.8 Å². The first-order chi connectivity index (χ1) is 9.36. The zero-order chi connectivity index (χ0) is 13.1. The first-order valence-corrected chi connectivity index (χ1v) is 6.67. The first kappa shape index (κ1) is 12.7. The second-order valence-corrected chi connectivity index (χ2v) is 4.74. The summed E-state index contributed by atoms with van der Waals surface area (Å²) < 4.78 is 22.7. The van der Waals surface area contributed by atoms with Gasteiger partial charge in [-0.3, -0.25) is 0 Å². The van der Waals surface area contributed by atoms with Crippen molar-refractivity contribution in [3.05, 3.63) is 23.8 Å². The van der Waals surface area contributed by atoms with Crippen molar-refractivity contribution in [2.45, 2.75) is 18.8 Å². The SMILES string of the molecule is CNC1COC(c2ccc3c(c2)OCCCO3)OC1. The lowest BCUT2D eigenvalue weighted by Crippen LogP contribution is -2.40. The molecule has 19 heavy (non-hydrogen) atoms. The van der Waals surface area contributed by atoms with E-state index in [-0.39, 0.29) is 12.3 Å². The summed E-state index contributed by atoms with van der Waals surface area (Å²) in [5.41, 5.74) is 0.971. The van der Waals surface area contributed by atoms with Crippen LogP contribution in [0.2, 0.25) is 0 Å². The Morgan fingerprint density at radius 3 is 2.53 bits per heavy atom. The fraction of sp³-hybridized carbons (Fsp3) is 0.571. The van der Waals surface area contributed by atoms with Gasteiger partial charge in [-0.15, -0.1) is 0 Å². The number of hydrogen-bond acceptors (Lipinski definition) is 5. The van der Waals surface area contributed by atoms with E-state index >= 15 is 0 Å². The van der Waals surface area contributed by atoms with Crippen LogP contribution in [0.25, 0.3) is 0 Å². The third-order valence-electron chi connectivity index (χ3n) is 3.35. The number of hydrogen-bond donors (Lipinski definition) is 1. The minimum atomic E-state index is -0.318. The molecule has 2 aliphatic heterocycles. The largest absolute Gasteiger partial charge is 0.490 e. The molecule has 1 N–H and O–H groups in total. The van der Waals surface area contributed by atoms with Crippen LogP contribution in [0.3, 0.4) is 0 Å². The van der Waals surface area contributed by atoms with Gasteiger partial charge >= 0.3 is 0 Å². The summed E-state index contributed by atoms with van der Waals surface area (Å²) in [4.78, 5) is 0. The van der Waals surface area contributed by atoms with Gasteiger partial charge in [0.25, 0.3) is 0 Å². The van der Waals surface area contributed by atoms with Gasteiger partial charge in [-0.25, -0.2) is 0 Å². The van der Waals surface area contributed by atoms with Gasteiger partial charge in [0.1, 0.15) is 0 Å². The Labute approximate surface area is 112 Å². The van der Waals surface area contributed by atoms with Gasteiger partial charge in [0.05, 0.1) is 32.5 Å². The van der Waals surface area contributed by atoms with Crippen molar-refractivity contribution in [2.75, 3.05) is 33.5 Å². The van der Waals surface area contributed by atoms with Crippen LogP contribution in [0.5, 0.6) is 11.5 Å². The highest BCUT2D eigenvalue weighted by Gasteiger charge is 2.23. The molecular weight excluding hydrogens is 246 g/mol. The lowest BCUT2D eigenvalue weighted by molar-refractivity contribution is -0.193. The van der Waals surface area contributed by atoms with Crippen molar-refractivity contribution in [1.82, 2.24) is 5.32 Å². The van der Waals surface area contributed by atoms with Crippen molar-refractivity contribution < 1.29 is 18.9 Å². The van der Waals surface area contributed by atoms with Crippen molar-refractivity contribution in [1.29, 1.82) is 0 Å². The quantitative estimate of drug-likeness (QED) is 0.877. The number of rotatable bonds is 2. The number of fused-ring (bicyclic) bond motifs is 1. The maximum absolute atomic E-state index is 5.71. The molecule has 0 atom stereocenters. The molecule has 5 nitrogen and oxygen atoms in total. The van der Waals surface area contributed by atoms with Gasteiger partial charge in [0.2, 0.25) is 0 Å². The molecule has 1 saturated heterocycles.